The lowest BCUT2D eigenvalue weighted by atomic mass is 9.66. The van der Waals surface area contributed by atoms with Gasteiger partial charge in [0.25, 0.3) is 0 Å². The van der Waals surface area contributed by atoms with Gasteiger partial charge in [-0.25, -0.2) is 0 Å². The van der Waals surface area contributed by atoms with E-state index in [1.807, 2.05) is 18.2 Å². The molecule has 0 radical (unpaired) electrons. The molecule has 0 saturated heterocycles. The minimum Gasteiger partial charge on any atom is -0.497 e. The van der Waals surface area contributed by atoms with Gasteiger partial charge in [-0.05, 0) is 49.3 Å². The monoisotopic (exact) mass is 275 g/mol. The van der Waals surface area contributed by atoms with Gasteiger partial charge < -0.3 is 15.2 Å². The van der Waals surface area contributed by atoms with Crippen molar-refractivity contribution in [1.29, 1.82) is 0 Å². The Balaban J connectivity index is 1.92. The smallest absolute Gasteiger partial charge is 0.125 e. The Labute approximate surface area is 121 Å². The van der Waals surface area contributed by atoms with Crippen molar-refractivity contribution < 1.29 is 9.47 Å². The molecule has 3 nitrogen and oxygen atoms in total. The van der Waals surface area contributed by atoms with Crippen molar-refractivity contribution in [1.82, 2.24) is 0 Å². The molecule has 0 aromatic heterocycles. The molecule has 1 unspecified atom stereocenters. The normalized spacial score (nSPS) is 31.5. The number of rotatable bonds is 1. The molecular weight excluding hydrogens is 250 g/mol. The van der Waals surface area contributed by atoms with Crippen LogP contribution in [0, 0.1) is 5.41 Å². The van der Waals surface area contributed by atoms with Gasteiger partial charge in [-0.3, -0.25) is 0 Å². The van der Waals surface area contributed by atoms with Crippen molar-refractivity contribution in [3.63, 3.8) is 0 Å². The predicted octanol–water partition coefficient (Wildman–Crippen LogP) is 3.82. The molecule has 2 atom stereocenters. The van der Waals surface area contributed by atoms with Crippen molar-refractivity contribution in [3.05, 3.63) is 23.8 Å². The third-order valence-electron chi connectivity index (χ3n) is 4.82. The molecule has 1 saturated carbocycles. The van der Waals surface area contributed by atoms with Crippen LogP contribution in [0.3, 0.4) is 0 Å². The largest absolute Gasteiger partial charge is 0.497 e. The van der Waals surface area contributed by atoms with Crippen molar-refractivity contribution in [2.24, 2.45) is 11.1 Å². The van der Waals surface area contributed by atoms with Gasteiger partial charge in [0.05, 0.1) is 7.11 Å². The molecule has 20 heavy (non-hydrogen) atoms. The predicted molar refractivity (Wildman–Crippen MR) is 80.1 cm³/mol. The van der Waals surface area contributed by atoms with Crippen LogP contribution in [0.25, 0.3) is 0 Å². The maximum atomic E-state index is 6.43. The molecule has 0 bridgehead atoms. The van der Waals surface area contributed by atoms with E-state index in [1.165, 1.54) is 12.8 Å². The van der Waals surface area contributed by atoms with Crippen LogP contribution in [0.5, 0.6) is 11.5 Å². The SMILES string of the molecule is COc1ccc2c(c1)[C@H](N)CC1(CCCC(C)(C)C1)O2. The Kier molecular flexibility index (Phi) is 3.20. The van der Waals surface area contributed by atoms with E-state index in [2.05, 4.69) is 13.8 Å². The summed E-state index contributed by atoms with van der Waals surface area (Å²) in [7, 11) is 1.68. The third-order valence-corrected chi connectivity index (χ3v) is 4.82. The lowest BCUT2D eigenvalue weighted by Crippen LogP contribution is -2.48. The van der Waals surface area contributed by atoms with E-state index in [0.717, 1.165) is 36.3 Å². The zero-order chi connectivity index (χ0) is 14.4. The first-order valence-corrected chi connectivity index (χ1v) is 7.56. The molecule has 110 valence electrons. The topological polar surface area (TPSA) is 44.5 Å². The molecule has 3 rings (SSSR count). The summed E-state index contributed by atoms with van der Waals surface area (Å²) in [4.78, 5) is 0. The minimum absolute atomic E-state index is 0.0442. The minimum atomic E-state index is -0.0667. The van der Waals surface area contributed by atoms with E-state index in [4.69, 9.17) is 15.2 Å². The average Bonchev–Trinajstić information content (AvgIpc) is 2.37. The summed E-state index contributed by atoms with van der Waals surface area (Å²) < 4.78 is 11.7. The number of hydrogen-bond donors (Lipinski definition) is 1. The lowest BCUT2D eigenvalue weighted by molar-refractivity contribution is -0.0386. The van der Waals surface area contributed by atoms with Gasteiger partial charge in [-0.15, -0.1) is 0 Å². The highest BCUT2D eigenvalue weighted by Crippen LogP contribution is 2.50. The number of hydrogen-bond acceptors (Lipinski definition) is 3. The summed E-state index contributed by atoms with van der Waals surface area (Å²) in [6, 6.07) is 6.03. The van der Waals surface area contributed by atoms with E-state index < -0.39 is 0 Å². The zero-order valence-corrected chi connectivity index (χ0v) is 12.7. The van der Waals surface area contributed by atoms with Crippen LogP contribution in [0.4, 0.5) is 0 Å². The number of fused-ring (bicyclic) bond motifs is 1. The fourth-order valence-electron chi connectivity index (χ4n) is 4.02. The molecule has 1 fully saturated rings. The molecule has 2 aliphatic rings. The van der Waals surface area contributed by atoms with Gasteiger partial charge >= 0.3 is 0 Å². The summed E-state index contributed by atoms with van der Waals surface area (Å²) in [5.74, 6) is 1.80. The third kappa shape index (κ3) is 2.39. The molecular formula is C17H25NO2. The van der Waals surface area contributed by atoms with Gasteiger partial charge in [0.15, 0.2) is 0 Å². The molecule has 1 aliphatic heterocycles. The number of benzene rings is 1. The van der Waals surface area contributed by atoms with Crippen molar-refractivity contribution >= 4 is 0 Å². The van der Waals surface area contributed by atoms with Crippen molar-refractivity contribution in [3.8, 4) is 11.5 Å². The quantitative estimate of drug-likeness (QED) is 0.847. The molecule has 0 amide bonds. The summed E-state index contributed by atoms with van der Waals surface area (Å²) >= 11 is 0. The molecule has 2 N–H and O–H groups in total. The van der Waals surface area contributed by atoms with Gasteiger partial charge in [-0.2, -0.15) is 0 Å². The van der Waals surface area contributed by atoms with E-state index in [-0.39, 0.29) is 11.6 Å². The zero-order valence-electron chi connectivity index (χ0n) is 12.7. The van der Waals surface area contributed by atoms with E-state index >= 15 is 0 Å². The first-order valence-electron chi connectivity index (χ1n) is 7.56. The summed E-state index contributed by atoms with van der Waals surface area (Å²) in [5.41, 5.74) is 7.79. The first-order chi connectivity index (χ1) is 9.43. The Morgan fingerprint density at radius 2 is 2.10 bits per heavy atom. The molecule has 1 spiro atoms. The second-order valence-electron chi connectivity index (χ2n) is 7.19. The number of methoxy groups -OCH3 is 1. The Bertz CT molecular complexity index is 512. The molecule has 3 heteroatoms. The van der Waals surface area contributed by atoms with Gasteiger partial charge in [0.2, 0.25) is 0 Å². The van der Waals surface area contributed by atoms with Crippen LogP contribution in [0.2, 0.25) is 0 Å². The van der Waals surface area contributed by atoms with Gasteiger partial charge in [0, 0.05) is 18.0 Å². The fraction of sp³-hybridized carbons (Fsp3) is 0.647. The van der Waals surface area contributed by atoms with Crippen LogP contribution in [-0.4, -0.2) is 12.7 Å². The highest BCUT2D eigenvalue weighted by Gasteiger charge is 2.45. The highest BCUT2D eigenvalue weighted by atomic mass is 16.5. The molecule has 1 heterocycles. The Hall–Kier alpha value is -1.22. The number of ether oxygens (including phenoxy) is 2. The van der Waals surface area contributed by atoms with Crippen LogP contribution in [0.1, 0.15) is 57.6 Å². The van der Waals surface area contributed by atoms with Crippen molar-refractivity contribution in [2.45, 2.75) is 57.6 Å². The van der Waals surface area contributed by atoms with E-state index in [0.29, 0.717) is 5.41 Å². The molecule has 1 aliphatic carbocycles. The van der Waals surface area contributed by atoms with Gasteiger partial charge in [-0.1, -0.05) is 13.8 Å². The first kappa shape index (κ1) is 13.7. The van der Waals surface area contributed by atoms with E-state index in [1.54, 1.807) is 7.11 Å². The second kappa shape index (κ2) is 4.66. The van der Waals surface area contributed by atoms with Crippen LogP contribution < -0.4 is 15.2 Å². The van der Waals surface area contributed by atoms with Gasteiger partial charge in [0.1, 0.15) is 17.1 Å². The average molecular weight is 275 g/mol. The maximum Gasteiger partial charge on any atom is 0.125 e. The lowest BCUT2D eigenvalue weighted by Gasteiger charge is -2.48. The summed E-state index contributed by atoms with van der Waals surface area (Å²) in [5, 5.41) is 0. The molecule has 1 aromatic rings. The van der Waals surface area contributed by atoms with Crippen LogP contribution >= 0.6 is 0 Å². The second-order valence-corrected chi connectivity index (χ2v) is 7.19. The molecule has 1 aromatic carbocycles. The summed E-state index contributed by atoms with van der Waals surface area (Å²) in [6.07, 6.45) is 5.64. The number of nitrogens with two attached hydrogens (primary N) is 1. The Morgan fingerprint density at radius 3 is 2.80 bits per heavy atom. The van der Waals surface area contributed by atoms with Crippen molar-refractivity contribution in [2.75, 3.05) is 7.11 Å². The van der Waals surface area contributed by atoms with Crippen LogP contribution in [-0.2, 0) is 0 Å². The maximum absolute atomic E-state index is 6.43. The van der Waals surface area contributed by atoms with Crippen LogP contribution in [0.15, 0.2) is 18.2 Å². The summed E-state index contributed by atoms with van der Waals surface area (Å²) in [6.45, 7) is 4.68. The Morgan fingerprint density at radius 1 is 1.30 bits per heavy atom. The standard InChI is InChI=1S/C17H25NO2/c1-16(2)7-4-8-17(11-16)10-14(18)13-9-12(19-3)5-6-15(13)20-17/h5-6,9,14H,4,7-8,10-11,18H2,1-3H3/t14-,17?/m1/s1. The highest BCUT2D eigenvalue weighted by molar-refractivity contribution is 5.44. The van der Waals surface area contributed by atoms with E-state index in [9.17, 15) is 0 Å². The fourth-order valence-corrected chi connectivity index (χ4v) is 4.02.